The molecule has 8 heteroatoms. The lowest BCUT2D eigenvalue weighted by Gasteiger charge is -2.35. The van der Waals surface area contributed by atoms with Crippen LogP contribution in [0.3, 0.4) is 0 Å². The smallest absolute Gasteiger partial charge is 0.231 e. The van der Waals surface area contributed by atoms with Crippen LogP contribution in [0.2, 0.25) is 0 Å². The summed E-state index contributed by atoms with van der Waals surface area (Å²) >= 11 is 0. The van der Waals surface area contributed by atoms with E-state index in [4.69, 9.17) is 23.7 Å². The zero-order valence-electron chi connectivity index (χ0n) is 17.7. The topological polar surface area (TPSA) is 98.6 Å². The summed E-state index contributed by atoms with van der Waals surface area (Å²) in [6.07, 6.45) is 0.988. The second-order valence-corrected chi connectivity index (χ2v) is 8.30. The standard InChI is InChI=1S/C25H23NO7/c27-16-9-19(28)17-11-18(26-6-5-14-1-3-20-23(7-14)31-12-29-20)25(33-22(17)10-16)15-2-4-21-24(8-15)32-13-30-21/h1-4,7-10,18,25-28H,5-6,11-13H2/t18-,25-/m1/s1. The molecule has 0 saturated carbocycles. The van der Waals surface area contributed by atoms with Crippen LogP contribution in [0.1, 0.15) is 22.8 Å². The number of aromatic hydroxyl groups is 2. The Morgan fingerprint density at radius 3 is 2.33 bits per heavy atom. The molecule has 3 aliphatic rings. The second-order valence-electron chi connectivity index (χ2n) is 8.30. The molecule has 3 N–H and O–H groups in total. The summed E-state index contributed by atoms with van der Waals surface area (Å²) in [7, 11) is 0. The molecule has 170 valence electrons. The van der Waals surface area contributed by atoms with Crippen molar-refractivity contribution >= 4 is 0 Å². The van der Waals surface area contributed by atoms with Gasteiger partial charge in [0.05, 0.1) is 6.04 Å². The van der Waals surface area contributed by atoms with Gasteiger partial charge in [-0.05, 0) is 54.8 Å². The zero-order chi connectivity index (χ0) is 22.4. The van der Waals surface area contributed by atoms with Crippen LogP contribution in [0.15, 0.2) is 48.5 Å². The van der Waals surface area contributed by atoms with Gasteiger partial charge in [-0.15, -0.1) is 0 Å². The lowest BCUT2D eigenvalue weighted by atomic mass is 9.91. The van der Waals surface area contributed by atoms with Crippen molar-refractivity contribution in [2.24, 2.45) is 0 Å². The van der Waals surface area contributed by atoms with Crippen LogP contribution in [0.25, 0.3) is 0 Å². The molecule has 33 heavy (non-hydrogen) atoms. The maximum absolute atomic E-state index is 10.4. The van der Waals surface area contributed by atoms with Crippen LogP contribution in [-0.2, 0) is 12.8 Å². The van der Waals surface area contributed by atoms with Gasteiger partial charge in [0.1, 0.15) is 23.4 Å². The van der Waals surface area contributed by atoms with E-state index in [-0.39, 0.29) is 37.2 Å². The monoisotopic (exact) mass is 449 g/mol. The normalized spacial score (nSPS) is 19.8. The highest BCUT2D eigenvalue weighted by atomic mass is 16.7. The van der Waals surface area contributed by atoms with E-state index >= 15 is 0 Å². The van der Waals surface area contributed by atoms with E-state index in [2.05, 4.69) is 5.32 Å². The summed E-state index contributed by atoms with van der Waals surface area (Å²) in [6.45, 7) is 1.15. The van der Waals surface area contributed by atoms with E-state index in [1.165, 1.54) is 12.1 Å². The molecule has 3 aliphatic heterocycles. The van der Waals surface area contributed by atoms with Gasteiger partial charge in [0.25, 0.3) is 0 Å². The number of hydrogen-bond acceptors (Lipinski definition) is 8. The molecule has 0 aromatic heterocycles. The minimum atomic E-state index is -0.343. The first kappa shape index (κ1) is 19.9. The van der Waals surface area contributed by atoms with E-state index in [0.29, 0.717) is 35.8 Å². The van der Waals surface area contributed by atoms with Crippen molar-refractivity contribution < 1.29 is 33.9 Å². The molecular formula is C25H23NO7. The summed E-state index contributed by atoms with van der Waals surface area (Å²) in [5, 5.41) is 23.9. The van der Waals surface area contributed by atoms with Gasteiger partial charge in [-0.1, -0.05) is 12.1 Å². The number of ether oxygens (including phenoxy) is 5. The van der Waals surface area contributed by atoms with Gasteiger partial charge >= 0.3 is 0 Å². The van der Waals surface area contributed by atoms with Crippen molar-refractivity contribution in [3.63, 3.8) is 0 Å². The molecule has 3 aromatic rings. The van der Waals surface area contributed by atoms with E-state index < -0.39 is 0 Å². The zero-order valence-corrected chi connectivity index (χ0v) is 17.7. The largest absolute Gasteiger partial charge is 0.508 e. The molecule has 2 atom stereocenters. The molecule has 0 unspecified atom stereocenters. The Balaban J connectivity index is 1.24. The molecule has 3 aromatic carbocycles. The molecule has 0 saturated heterocycles. The van der Waals surface area contributed by atoms with Gasteiger partial charge in [-0.25, -0.2) is 0 Å². The van der Waals surface area contributed by atoms with Gasteiger partial charge in [-0.3, -0.25) is 0 Å². The highest BCUT2D eigenvalue weighted by Crippen LogP contribution is 2.43. The first-order chi connectivity index (χ1) is 16.1. The number of rotatable bonds is 5. The Morgan fingerprint density at radius 2 is 1.52 bits per heavy atom. The summed E-state index contributed by atoms with van der Waals surface area (Å²) in [6, 6.07) is 14.5. The van der Waals surface area contributed by atoms with Crippen LogP contribution in [0, 0.1) is 0 Å². The Labute approximate surface area is 190 Å². The van der Waals surface area contributed by atoms with Gasteiger partial charge < -0.3 is 39.2 Å². The van der Waals surface area contributed by atoms with Crippen molar-refractivity contribution in [2.75, 3.05) is 20.1 Å². The van der Waals surface area contributed by atoms with Gasteiger partial charge in [0.2, 0.25) is 13.6 Å². The highest BCUT2D eigenvalue weighted by molar-refractivity contribution is 5.52. The second kappa shape index (κ2) is 7.97. The maximum atomic E-state index is 10.4. The molecule has 0 spiro atoms. The number of phenolic OH excluding ortho intramolecular Hbond substituents is 2. The fourth-order valence-corrected chi connectivity index (χ4v) is 4.54. The molecule has 0 bridgehead atoms. The Morgan fingerprint density at radius 1 is 0.788 bits per heavy atom. The van der Waals surface area contributed by atoms with Crippen LogP contribution < -0.4 is 29.0 Å². The van der Waals surface area contributed by atoms with Crippen molar-refractivity contribution in [2.45, 2.75) is 25.0 Å². The summed E-state index contributed by atoms with van der Waals surface area (Å²) in [4.78, 5) is 0. The average molecular weight is 449 g/mol. The molecule has 0 fully saturated rings. The minimum Gasteiger partial charge on any atom is -0.508 e. The van der Waals surface area contributed by atoms with Crippen LogP contribution in [0.4, 0.5) is 0 Å². The molecule has 8 nitrogen and oxygen atoms in total. The number of nitrogens with one attached hydrogen (secondary N) is 1. The third-order valence-electron chi connectivity index (χ3n) is 6.20. The third-order valence-corrected chi connectivity index (χ3v) is 6.20. The third kappa shape index (κ3) is 3.72. The fourth-order valence-electron chi connectivity index (χ4n) is 4.54. The predicted octanol–water partition coefficient (Wildman–Crippen LogP) is 3.43. The number of fused-ring (bicyclic) bond motifs is 3. The van der Waals surface area contributed by atoms with Crippen molar-refractivity contribution in [3.05, 3.63) is 65.2 Å². The van der Waals surface area contributed by atoms with Crippen LogP contribution in [0.5, 0.6) is 40.2 Å². The SMILES string of the molecule is Oc1cc(O)c2c(c1)O[C@H](c1ccc3c(c1)OCO3)[C@H](NCCc1ccc3c(c1)OCO3)C2. The van der Waals surface area contributed by atoms with E-state index in [9.17, 15) is 10.2 Å². The molecule has 0 radical (unpaired) electrons. The van der Waals surface area contributed by atoms with Crippen molar-refractivity contribution in [3.8, 4) is 40.2 Å². The molecule has 3 heterocycles. The van der Waals surface area contributed by atoms with Gasteiger partial charge in [0.15, 0.2) is 23.0 Å². The Kier molecular flexibility index (Phi) is 4.80. The lowest BCUT2D eigenvalue weighted by molar-refractivity contribution is 0.132. The minimum absolute atomic E-state index is 0.0247. The van der Waals surface area contributed by atoms with Crippen molar-refractivity contribution in [1.29, 1.82) is 0 Å². The molecule has 0 aliphatic carbocycles. The van der Waals surface area contributed by atoms with Crippen molar-refractivity contribution in [1.82, 2.24) is 5.32 Å². The number of phenols is 2. The van der Waals surface area contributed by atoms with Gasteiger partial charge in [0, 0.05) is 17.7 Å². The molecule has 6 rings (SSSR count). The highest BCUT2D eigenvalue weighted by Gasteiger charge is 2.34. The average Bonchev–Trinajstić information content (AvgIpc) is 3.47. The molecule has 0 amide bonds. The number of benzene rings is 3. The Hall–Kier alpha value is -3.78. The first-order valence-corrected chi connectivity index (χ1v) is 10.9. The molecular weight excluding hydrogens is 426 g/mol. The lowest BCUT2D eigenvalue weighted by Crippen LogP contribution is -2.42. The maximum Gasteiger partial charge on any atom is 0.231 e. The summed E-state index contributed by atoms with van der Waals surface area (Å²) in [5.41, 5.74) is 2.73. The predicted molar refractivity (Wildman–Crippen MR) is 117 cm³/mol. The quantitative estimate of drug-likeness (QED) is 0.545. The van der Waals surface area contributed by atoms with Gasteiger partial charge in [-0.2, -0.15) is 0 Å². The first-order valence-electron chi connectivity index (χ1n) is 10.9. The fraction of sp³-hybridized carbons (Fsp3) is 0.280. The van der Waals surface area contributed by atoms with Crippen LogP contribution >= 0.6 is 0 Å². The summed E-state index contributed by atoms with van der Waals surface area (Å²) < 4.78 is 28.1. The van der Waals surface area contributed by atoms with E-state index in [1.807, 2.05) is 36.4 Å². The van der Waals surface area contributed by atoms with E-state index in [1.54, 1.807) is 0 Å². The Bertz CT molecular complexity index is 1210. The number of hydrogen-bond donors (Lipinski definition) is 3. The summed E-state index contributed by atoms with van der Waals surface area (Å²) in [5.74, 6) is 3.39. The van der Waals surface area contributed by atoms with Crippen LogP contribution in [-0.4, -0.2) is 36.4 Å². The van der Waals surface area contributed by atoms with E-state index in [0.717, 1.165) is 29.0 Å².